The first-order valence-corrected chi connectivity index (χ1v) is 5.39. The van der Waals surface area contributed by atoms with Gasteiger partial charge in [-0.2, -0.15) is 4.98 Å². The van der Waals surface area contributed by atoms with E-state index in [2.05, 4.69) is 4.98 Å². The Morgan fingerprint density at radius 1 is 1.53 bits per heavy atom. The lowest BCUT2D eigenvalue weighted by Crippen LogP contribution is -2.31. The number of aryl methyl sites for hydroxylation is 1. The third-order valence-electron chi connectivity index (χ3n) is 3.15. The number of aliphatic hydroxyl groups is 1. The lowest BCUT2D eigenvalue weighted by atomic mass is 10.2. The molecular weight excluding hydrogens is 226 g/mol. The van der Waals surface area contributed by atoms with Crippen molar-refractivity contribution < 1.29 is 14.6 Å². The third-order valence-corrected chi connectivity index (χ3v) is 3.15. The smallest absolute Gasteiger partial charge is 0.351 e. The Kier molecular flexibility index (Phi) is 2.22. The second-order valence-corrected chi connectivity index (χ2v) is 4.31. The maximum absolute atomic E-state index is 11.7. The molecule has 0 aromatic carbocycles. The van der Waals surface area contributed by atoms with Gasteiger partial charge in [0.05, 0.1) is 6.61 Å². The molecular formula is C10H13N3O4. The van der Waals surface area contributed by atoms with Crippen molar-refractivity contribution in [2.75, 3.05) is 12.3 Å². The van der Waals surface area contributed by atoms with Crippen LogP contribution in [0.3, 0.4) is 0 Å². The number of nitrogens with two attached hydrogens (primary N) is 1. The van der Waals surface area contributed by atoms with Gasteiger partial charge in [-0.3, -0.25) is 4.57 Å². The fraction of sp³-hybridized carbons (Fsp3) is 0.600. The highest BCUT2D eigenvalue weighted by atomic mass is 16.7. The van der Waals surface area contributed by atoms with Gasteiger partial charge in [0.1, 0.15) is 24.1 Å². The van der Waals surface area contributed by atoms with Crippen molar-refractivity contribution in [2.24, 2.45) is 0 Å². The lowest BCUT2D eigenvalue weighted by molar-refractivity contribution is -0.0856. The Morgan fingerprint density at radius 3 is 2.94 bits per heavy atom. The molecule has 0 saturated carbocycles. The van der Waals surface area contributed by atoms with E-state index in [0.717, 1.165) is 0 Å². The summed E-state index contributed by atoms with van der Waals surface area (Å²) in [5.41, 5.74) is 5.79. The first kappa shape index (κ1) is 10.7. The molecule has 0 unspecified atom stereocenters. The molecule has 0 bridgehead atoms. The highest BCUT2D eigenvalue weighted by Crippen LogP contribution is 2.44. The van der Waals surface area contributed by atoms with Crippen molar-refractivity contribution in [3.8, 4) is 0 Å². The number of epoxide rings is 1. The normalized spacial score (nSPS) is 34.7. The molecule has 2 aliphatic heterocycles. The topological polar surface area (TPSA) is 103 Å². The number of hydrogen-bond acceptors (Lipinski definition) is 6. The van der Waals surface area contributed by atoms with Crippen LogP contribution >= 0.6 is 0 Å². The molecule has 0 amide bonds. The molecule has 17 heavy (non-hydrogen) atoms. The maximum atomic E-state index is 11.7. The fourth-order valence-electron chi connectivity index (χ4n) is 2.13. The van der Waals surface area contributed by atoms with E-state index < -0.39 is 11.9 Å². The average Bonchev–Trinajstić information content (AvgIpc) is 3.00. The monoisotopic (exact) mass is 239 g/mol. The summed E-state index contributed by atoms with van der Waals surface area (Å²) in [6, 6.07) is 0. The minimum absolute atomic E-state index is 0.116. The van der Waals surface area contributed by atoms with Gasteiger partial charge in [0.25, 0.3) is 0 Å². The third kappa shape index (κ3) is 1.54. The lowest BCUT2D eigenvalue weighted by Gasteiger charge is -2.18. The van der Waals surface area contributed by atoms with Crippen molar-refractivity contribution in [3.05, 3.63) is 22.2 Å². The molecule has 92 valence electrons. The van der Waals surface area contributed by atoms with E-state index in [-0.39, 0.29) is 30.7 Å². The number of rotatable bonds is 2. The molecule has 1 aromatic rings. The van der Waals surface area contributed by atoms with Crippen LogP contribution in [0, 0.1) is 6.92 Å². The molecule has 0 radical (unpaired) electrons. The number of ether oxygens (including phenoxy) is 2. The number of aromatic nitrogens is 2. The van der Waals surface area contributed by atoms with E-state index in [4.69, 9.17) is 20.3 Å². The number of anilines is 1. The number of aliphatic hydroxyl groups excluding tert-OH is 1. The Balaban J connectivity index is 1.96. The zero-order valence-electron chi connectivity index (χ0n) is 9.24. The molecule has 2 saturated heterocycles. The van der Waals surface area contributed by atoms with Gasteiger partial charge < -0.3 is 20.3 Å². The van der Waals surface area contributed by atoms with Crippen LogP contribution < -0.4 is 11.4 Å². The second kappa shape index (κ2) is 3.52. The van der Waals surface area contributed by atoms with E-state index in [9.17, 15) is 4.79 Å². The summed E-state index contributed by atoms with van der Waals surface area (Å²) in [5, 5.41) is 9.07. The molecule has 4 atom stereocenters. The highest BCUT2D eigenvalue weighted by Gasteiger charge is 2.58. The summed E-state index contributed by atoms with van der Waals surface area (Å²) in [6.45, 7) is 1.65. The van der Waals surface area contributed by atoms with Crippen LogP contribution in [0.15, 0.2) is 11.0 Å². The summed E-state index contributed by atoms with van der Waals surface area (Å²) < 4.78 is 12.3. The van der Waals surface area contributed by atoms with Crippen LogP contribution in [0.2, 0.25) is 0 Å². The summed E-state index contributed by atoms with van der Waals surface area (Å²) in [4.78, 5) is 15.4. The predicted molar refractivity (Wildman–Crippen MR) is 57.3 cm³/mol. The maximum Gasteiger partial charge on any atom is 0.351 e. The van der Waals surface area contributed by atoms with Crippen molar-refractivity contribution in [1.29, 1.82) is 0 Å². The van der Waals surface area contributed by atoms with E-state index in [1.54, 1.807) is 13.1 Å². The highest BCUT2D eigenvalue weighted by molar-refractivity contribution is 5.35. The summed E-state index contributed by atoms with van der Waals surface area (Å²) in [6.07, 6.45) is 0.434. The van der Waals surface area contributed by atoms with Crippen molar-refractivity contribution in [3.63, 3.8) is 0 Å². The minimum atomic E-state index is -0.517. The molecule has 1 aromatic heterocycles. The van der Waals surface area contributed by atoms with Gasteiger partial charge in [-0.15, -0.1) is 0 Å². The first-order valence-electron chi connectivity index (χ1n) is 5.39. The SMILES string of the molecule is Cc1cn([C@@H]2O[C@H](CO)[C@H]3O[C@H]32)c(=O)nc1N. The van der Waals surface area contributed by atoms with Crippen LogP contribution in [0.5, 0.6) is 0 Å². The average molecular weight is 239 g/mol. The van der Waals surface area contributed by atoms with Crippen molar-refractivity contribution in [2.45, 2.75) is 31.5 Å². The second-order valence-electron chi connectivity index (χ2n) is 4.31. The molecule has 2 aliphatic rings. The van der Waals surface area contributed by atoms with Gasteiger partial charge in [0.15, 0.2) is 6.23 Å². The van der Waals surface area contributed by atoms with Crippen LogP contribution in [0.1, 0.15) is 11.8 Å². The van der Waals surface area contributed by atoms with Crippen LogP contribution in [-0.2, 0) is 9.47 Å². The van der Waals surface area contributed by atoms with Crippen LogP contribution in [-0.4, -0.2) is 39.6 Å². The van der Waals surface area contributed by atoms with E-state index in [1.807, 2.05) is 0 Å². The Labute approximate surface area is 96.8 Å². The van der Waals surface area contributed by atoms with Gasteiger partial charge in [0, 0.05) is 11.8 Å². The summed E-state index contributed by atoms with van der Waals surface area (Å²) >= 11 is 0. The Bertz CT molecular complexity index is 515. The zero-order chi connectivity index (χ0) is 12.2. The van der Waals surface area contributed by atoms with Gasteiger partial charge in [-0.25, -0.2) is 4.79 Å². The Morgan fingerprint density at radius 2 is 2.29 bits per heavy atom. The molecule has 3 N–H and O–H groups in total. The Hall–Kier alpha value is -1.44. The molecule has 0 aliphatic carbocycles. The van der Waals surface area contributed by atoms with E-state index >= 15 is 0 Å². The molecule has 3 rings (SSSR count). The molecule has 3 heterocycles. The van der Waals surface area contributed by atoms with E-state index in [0.29, 0.717) is 5.56 Å². The number of nitrogens with zero attached hydrogens (tertiary/aromatic N) is 2. The molecule has 7 nitrogen and oxygen atoms in total. The first-order chi connectivity index (χ1) is 8.11. The predicted octanol–water partition coefficient (Wildman–Crippen LogP) is -1.21. The van der Waals surface area contributed by atoms with E-state index in [1.165, 1.54) is 4.57 Å². The zero-order valence-corrected chi connectivity index (χ0v) is 9.24. The van der Waals surface area contributed by atoms with Gasteiger partial charge in [0.2, 0.25) is 0 Å². The molecule has 2 fully saturated rings. The van der Waals surface area contributed by atoms with Gasteiger partial charge in [-0.1, -0.05) is 0 Å². The number of nitrogen functional groups attached to an aromatic ring is 1. The minimum Gasteiger partial charge on any atom is -0.394 e. The van der Waals surface area contributed by atoms with Crippen LogP contribution in [0.25, 0.3) is 0 Å². The summed E-state index contributed by atoms with van der Waals surface area (Å²) in [7, 11) is 0. The standard InChI is InChI=1S/C10H13N3O4/c1-4-2-13(10(15)12-8(4)11)9-7-6(17-7)5(3-14)16-9/h2,5-7,9,14H,3H2,1H3,(H2,11,12,15)/t5-,6-,7-,9-/m1/s1. The molecule has 7 heteroatoms. The summed E-state index contributed by atoms with van der Waals surface area (Å²) in [5.74, 6) is 0.219. The van der Waals surface area contributed by atoms with Crippen LogP contribution in [0.4, 0.5) is 5.82 Å². The number of hydrogen-bond donors (Lipinski definition) is 2. The molecule has 0 spiro atoms. The van der Waals surface area contributed by atoms with Gasteiger partial charge >= 0.3 is 5.69 Å². The quantitative estimate of drug-likeness (QED) is 0.628. The fourth-order valence-corrected chi connectivity index (χ4v) is 2.13. The number of fused-ring (bicyclic) bond motifs is 1. The largest absolute Gasteiger partial charge is 0.394 e. The van der Waals surface area contributed by atoms with Crippen molar-refractivity contribution in [1.82, 2.24) is 9.55 Å². The van der Waals surface area contributed by atoms with Crippen molar-refractivity contribution >= 4 is 5.82 Å². The van der Waals surface area contributed by atoms with Gasteiger partial charge in [-0.05, 0) is 6.92 Å².